The highest BCUT2D eigenvalue weighted by Crippen LogP contribution is 2.22. The van der Waals surface area contributed by atoms with E-state index in [1.165, 1.54) is 0 Å². The molecular weight excluding hydrogens is 282 g/mol. The normalized spacial score (nSPS) is 12.6. The Morgan fingerprint density at radius 1 is 1.16 bits per heavy atom. The Bertz CT molecular complexity index is 495. The van der Waals surface area contributed by atoms with E-state index in [2.05, 4.69) is 13.8 Å². The number of halogens is 1. The molecule has 19 heavy (non-hydrogen) atoms. The maximum absolute atomic E-state index is 12.1. The highest BCUT2D eigenvalue weighted by Gasteiger charge is 2.17. The summed E-state index contributed by atoms with van der Waals surface area (Å²) in [6.45, 7) is 4.82. The van der Waals surface area contributed by atoms with Crippen LogP contribution in [0.5, 0.6) is 0 Å². The van der Waals surface area contributed by atoms with Gasteiger partial charge in [-0.15, -0.1) is 0 Å². The van der Waals surface area contributed by atoms with Crippen molar-refractivity contribution >= 4 is 21.4 Å². The van der Waals surface area contributed by atoms with Gasteiger partial charge in [-0.25, -0.2) is 8.42 Å². The second-order valence-corrected chi connectivity index (χ2v) is 8.14. The fourth-order valence-corrected chi connectivity index (χ4v) is 3.25. The topological polar surface area (TPSA) is 60.2 Å². The smallest absolute Gasteiger partial charge is 0.178 e. The van der Waals surface area contributed by atoms with Gasteiger partial charge in [0.25, 0.3) is 0 Å². The second kappa shape index (κ2) is 6.73. The summed E-state index contributed by atoms with van der Waals surface area (Å²) in [5, 5.41) is 0.545. The first-order valence-electron chi connectivity index (χ1n) is 6.45. The van der Waals surface area contributed by atoms with Crippen LogP contribution >= 0.6 is 11.6 Å². The average molecular weight is 304 g/mol. The zero-order valence-electron chi connectivity index (χ0n) is 11.5. The summed E-state index contributed by atoms with van der Waals surface area (Å²) in [4.78, 5) is 0.343. The van der Waals surface area contributed by atoms with Crippen LogP contribution in [0.25, 0.3) is 0 Å². The first-order chi connectivity index (χ1) is 8.77. The van der Waals surface area contributed by atoms with E-state index >= 15 is 0 Å². The van der Waals surface area contributed by atoms with Crippen molar-refractivity contribution in [3.63, 3.8) is 0 Å². The molecule has 0 spiro atoms. The van der Waals surface area contributed by atoms with Crippen molar-refractivity contribution < 1.29 is 8.42 Å². The predicted octanol–water partition coefficient (Wildman–Crippen LogP) is 3.27. The van der Waals surface area contributed by atoms with E-state index in [-0.39, 0.29) is 11.2 Å². The number of nitrogens with two attached hydrogens (primary N) is 1. The van der Waals surface area contributed by atoms with Crippen LogP contribution < -0.4 is 5.73 Å². The molecule has 2 N–H and O–H groups in total. The van der Waals surface area contributed by atoms with E-state index in [1.807, 2.05) is 0 Å². The fraction of sp³-hybridized carbons (Fsp3) is 0.571. The molecule has 0 aliphatic heterocycles. The molecule has 0 fully saturated rings. The second-order valence-electron chi connectivity index (χ2n) is 5.60. The lowest BCUT2D eigenvalue weighted by atomic mass is 9.88. The van der Waals surface area contributed by atoms with Gasteiger partial charge in [-0.1, -0.05) is 31.9 Å². The fourth-order valence-electron chi connectivity index (χ4n) is 1.76. The van der Waals surface area contributed by atoms with Gasteiger partial charge in [0.05, 0.1) is 10.6 Å². The summed E-state index contributed by atoms with van der Waals surface area (Å²) in [6, 6.07) is 6.32. The number of unbranched alkanes of at least 4 members (excludes halogenated alkanes) is 1. The summed E-state index contributed by atoms with van der Waals surface area (Å²) in [5.41, 5.74) is 5.74. The number of sulfone groups is 1. The zero-order chi connectivity index (χ0) is 14.5. The monoisotopic (exact) mass is 303 g/mol. The van der Waals surface area contributed by atoms with Gasteiger partial charge in [-0.2, -0.15) is 0 Å². The van der Waals surface area contributed by atoms with E-state index in [1.54, 1.807) is 24.3 Å². The molecule has 1 aromatic carbocycles. The Kier molecular flexibility index (Phi) is 5.83. The van der Waals surface area contributed by atoms with Crippen LogP contribution in [0.4, 0.5) is 0 Å². The molecule has 1 rings (SSSR count). The van der Waals surface area contributed by atoms with E-state index in [9.17, 15) is 8.42 Å². The highest BCUT2D eigenvalue weighted by atomic mass is 35.5. The first-order valence-corrected chi connectivity index (χ1v) is 8.48. The van der Waals surface area contributed by atoms with Crippen LogP contribution in [-0.2, 0) is 9.84 Å². The van der Waals surface area contributed by atoms with E-state index in [0.29, 0.717) is 22.9 Å². The third-order valence-electron chi connectivity index (χ3n) is 3.24. The minimum Gasteiger partial charge on any atom is -0.330 e. The molecule has 0 heterocycles. The van der Waals surface area contributed by atoms with Crippen molar-refractivity contribution in [2.24, 2.45) is 11.1 Å². The summed E-state index contributed by atoms with van der Waals surface area (Å²) in [5.74, 6) is 0.176. The summed E-state index contributed by atoms with van der Waals surface area (Å²) in [7, 11) is -3.19. The van der Waals surface area contributed by atoms with Crippen LogP contribution in [0.1, 0.15) is 33.1 Å². The van der Waals surface area contributed by atoms with Crippen molar-refractivity contribution in [2.75, 3.05) is 12.3 Å². The molecule has 0 bridgehead atoms. The molecule has 0 aliphatic rings. The lowest BCUT2D eigenvalue weighted by molar-refractivity contribution is 0.335. The minimum atomic E-state index is -3.19. The molecule has 1 aromatic rings. The van der Waals surface area contributed by atoms with Gasteiger partial charge < -0.3 is 5.73 Å². The molecule has 0 aliphatic carbocycles. The molecule has 5 heteroatoms. The van der Waals surface area contributed by atoms with Crippen molar-refractivity contribution in [3.8, 4) is 0 Å². The van der Waals surface area contributed by atoms with Crippen LogP contribution in [0.15, 0.2) is 29.2 Å². The maximum atomic E-state index is 12.1. The van der Waals surface area contributed by atoms with Crippen LogP contribution in [0.2, 0.25) is 5.02 Å². The van der Waals surface area contributed by atoms with Gasteiger partial charge in [-0.3, -0.25) is 0 Å². The van der Waals surface area contributed by atoms with Gasteiger partial charge >= 0.3 is 0 Å². The third kappa shape index (κ3) is 5.51. The largest absolute Gasteiger partial charge is 0.330 e. The molecule has 3 nitrogen and oxygen atoms in total. The Labute approximate surface area is 121 Å². The first kappa shape index (κ1) is 16.5. The Morgan fingerprint density at radius 2 is 1.74 bits per heavy atom. The molecule has 108 valence electrons. The molecule has 0 saturated heterocycles. The van der Waals surface area contributed by atoms with E-state index in [4.69, 9.17) is 17.3 Å². The number of hydrogen-bond donors (Lipinski definition) is 1. The minimum absolute atomic E-state index is 0.0873. The molecule has 0 aromatic heterocycles. The van der Waals surface area contributed by atoms with Crippen LogP contribution in [-0.4, -0.2) is 20.7 Å². The van der Waals surface area contributed by atoms with Crippen LogP contribution in [0, 0.1) is 5.41 Å². The van der Waals surface area contributed by atoms with Crippen molar-refractivity contribution in [3.05, 3.63) is 29.3 Å². The SMILES string of the molecule is CC(C)(CN)CCCCS(=O)(=O)c1ccc(Cl)cc1. The Morgan fingerprint density at radius 3 is 2.26 bits per heavy atom. The Balaban J connectivity index is 2.50. The van der Waals surface area contributed by atoms with Gasteiger partial charge in [0, 0.05) is 5.02 Å². The van der Waals surface area contributed by atoms with Crippen molar-refractivity contribution in [1.82, 2.24) is 0 Å². The van der Waals surface area contributed by atoms with Crippen molar-refractivity contribution in [1.29, 1.82) is 0 Å². The molecule has 0 amide bonds. The molecule has 0 radical (unpaired) electrons. The molecule has 0 saturated carbocycles. The zero-order valence-corrected chi connectivity index (χ0v) is 13.1. The number of benzene rings is 1. The van der Waals surface area contributed by atoms with E-state index < -0.39 is 9.84 Å². The summed E-state index contributed by atoms with van der Waals surface area (Å²) < 4.78 is 24.1. The quantitative estimate of drug-likeness (QED) is 0.786. The number of rotatable bonds is 7. The lowest BCUT2D eigenvalue weighted by Gasteiger charge is -2.21. The standard InChI is InChI=1S/C14H22ClNO2S/c1-14(2,11-16)9-3-4-10-19(17,18)13-7-5-12(15)6-8-13/h5-8H,3-4,9-11,16H2,1-2H3. The molecule has 0 unspecified atom stereocenters. The maximum Gasteiger partial charge on any atom is 0.178 e. The van der Waals surface area contributed by atoms with Gasteiger partial charge in [0.2, 0.25) is 0 Å². The third-order valence-corrected chi connectivity index (χ3v) is 5.31. The summed E-state index contributed by atoms with van der Waals surface area (Å²) >= 11 is 5.75. The molecular formula is C14H22ClNO2S. The number of hydrogen-bond acceptors (Lipinski definition) is 3. The lowest BCUT2D eigenvalue weighted by Crippen LogP contribution is -2.23. The van der Waals surface area contributed by atoms with Crippen molar-refractivity contribution in [2.45, 2.75) is 38.0 Å². The predicted molar refractivity (Wildman–Crippen MR) is 80.2 cm³/mol. The van der Waals surface area contributed by atoms with Gasteiger partial charge in [0.15, 0.2) is 9.84 Å². The Hall–Kier alpha value is -0.580. The highest BCUT2D eigenvalue weighted by molar-refractivity contribution is 7.91. The molecule has 0 atom stereocenters. The van der Waals surface area contributed by atoms with E-state index in [0.717, 1.165) is 12.8 Å². The van der Waals surface area contributed by atoms with Crippen LogP contribution in [0.3, 0.4) is 0 Å². The average Bonchev–Trinajstić information content (AvgIpc) is 2.35. The summed E-state index contributed by atoms with van der Waals surface area (Å²) in [6.07, 6.45) is 2.48. The van der Waals surface area contributed by atoms with Gasteiger partial charge in [0.1, 0.15) is 0 Å². The van der Waals surface area contributed by atoms with Gasteiger partial charge in [-0.05, 0) is 49.1 Å².